The molecule has 1 aromatic carbocycles. The SMILES string of the molecule is CCN(C(=O)Nc1cccc(-c2n[nH]c(C)n2)c1)[C@@H]1COC[C@H]1O. The maximum Gasteiger partial charge on any atom is 0.322 e. The van der Waals surface area contributed by atoms with Crippen molar-refractivity contribution >= 4 is 11.7 Å². The predicted molar refractivity (Wildman–Crippen MR) is 88.6 cm³/mol. The number of carbonyl (C=O) groups is 1. The lowest BCUT2D eigenvalue weighted by atomic mass is 10.2. The summed E-state index contributed by atoms with van der Waals surface area (Å²) >= 11 is 0. The second-order valence-corrected chi connectivity index (χ2v) is 5.71. The molecule has 8 nitrogen and oxygen atoms in total. The van der Waals surface area contributed by atoms with Crippen LogP contribution in [0.2, 0.25) is 0 Å². The van der Waals surface area contributed by atoms with Crippen molar-refractivity contribution in [1.29, 1.82) is 0 Å². The van der Waals surface area contributed by atoms with Gasteiger partial charge in [0.25, 0.3) is 0 Å². The number of rotatable bonds is 4. The average Bonchev–Trinajstić information content (AvgIpc) is 3.18. The van der Waals surface area contributed by atoms with Gasteiger partial charge in [-0.15, -0.1) is 0 Å². The Morgan fingerprint density at radius 2 is 2.33 bits per heavy atom. The molecule has 2 aromatic rings. The van der Waals surface area contributed by atoms with Gasteiger partial charge < -0.3 is 20.1 Å². The van der Waals surface area contributed by atoms with Crippen LogP contribution in [0.25, 0.3) is 11.4 Å². The largest absolute Gasteiger partial charge is 0.388 e. The number of benzene rings is 1. The average molecular weight is 331 g/mol. The van der Waals surface area contributed by atoms with Gasteiger partial charge in [-0.3, -0.25) is 5.10 Å². The molecule has 2 heterocycles. The van der Waals surface area contributed by atoms with Crippen LogP contribution >= 0.6 is 0 Å². The van der Waals surface area contributed by atoms with Crippen molar-refractivity contribution in [1.82, 2.24) is 20.1 Å². The zero-order valence-electron chi connectivity index (χ0n) is 13.7. The molecule has 2 atom stereocenters. The van der Waals surface area contributed by atoms with E-state index in [0.717, 1.165) is 11.4 Å². The molecule has 0 aliphatic carbocycles. The lowest BCUT2D eigenvalue weighted by Gasteiger charge is -2.28. The van der Waals surface area contributed by atoms with Gasteiger partial charge in [0.2, 0.25) is 0 Å². The van der Waals surface area contributed by atoms with Crippen LogP contribution in [-0.4, -0.2) is 63.1 Å². The molecule has 128 valence electrons. The molecule has 1 saturated heterocycles. The molecule has 0 radical (unpaired) electrons. The summed E-state index contributed by atoms with van der Waals surface area (Å²) in [6.07, 6.45) is -0.654. The molecule has 3 rings (SSSR count). The van der Waals surface area contributed by atoms with Gasteiger partial charge in [-0.05, 0) is 26.0 Å². The Morgan fingerprint density at radius 1 is 1.50 bits per heavy atom. The number of H-pyrrole nitrogens is 1. The number of amides is 2. The molecular formula is C16H21N5O3. The third-order valence-corrected chi connectivity index (χ3v) is 3.99. The smallest absolute Gasteiger partial charge is 0.322 e. The number of aliphatic hydroxyl groups excluding tert-OH is 1. The standard InChI is InChI=1S/C16H21N5O3/c1-3-21(13-8-24-9-14(13)22)16(23)18-12-6-4-5-11(7-12)15-17-10(2)19-20-15/h4-7,13-14,22H,3,8-9H2,1-2H3,(H,18,23)(H,17,19,20)/t13-,14-/m1/s1. The van der Waals surface area contributed by atoms with Crippen molar-refractivity contribution in [3.05, 3.63) is 30.1 Å². The second kappa shape index (κ2) is 6.98. The number of aliphatic hydroxyl groups is 1. The number of hydrogen-bond acceptors (Lipinski definition) is 5. The fourth-order valence-electron chi connectivity index (χ4n) is 2.76. The molecule has 1 aliphatic rings. The number of nitrogens with one attached hydrogen (secondary N) is 2. The first-order chi connectivity index (χ1) is 11.6. The molecule has 1 fully saturated rings. The van der Waals surface area contributed by atoms with Gasteiger partial charge in [0, 0.05) is 17.8 Å². The maximum absolute atomic E-state index is 12.5. The van der Waals surface area contributed by atoms with E-state index in [1.807, 2.05) is 32.0 Å². The minimum Gasteiger partial charge on any atom is -0.388 e. The van der Waals surface area contributed by atoms with Crippen molar-refractivity contribution in [2.24, 2.45) is 0 Å². The lowest BCUT2D eigenvalue weighted by Crippen LogP contribution is -2.48. The van der Waals surface area contributed by atoms with Gasteiger partial charge in [-0.25, -0.2) is 9.78 Å². The van der Waals surface area contributed by atoms with Gasteiger partial charge in [-0.1, -0.05) is 12.1 Å². The third kappa shape index (κ3) is 3.39. The van der Waals surface area contributed by atoms with Crippen molar-refractivity contribution in [2.45, 2.75) is 26.0 Å². The number of aryl methyl sites for hydroxylation is 1. The summed E-state index contributed by atoms with van der Waals surface area (Å²) in [5, 5.41) is 19.7. The van der Waals surface area contributed by atoms with E-state index < -0.39 is 6.10 Å². The van der Waals surface area contributed by atoms with E-state index >= 15 is 0 Å². The second-order valence-electron chi connectivity index (χ2n) is 5.71. The predicted octanol–water partition coefficient (Wildman–Crippen LogP) is 1.39. The van der Waals surface area contributed by atoms with E-state index in [0.29, 0.717) is 24.7 Å². The van der Waals surface area contributed by atoms with Crippen LogP contribution in [-0.2, 0) is 4.74 Å². The summed E-state index contributed by atoms with van der Waals surface area (Å²) < 4.78 is 5.24. The van der Waals surface area contributed by atoms with Gasteiger partial charge in [0.1, 0.15) is 5.82 Å². The monoisotopic (exact) mass is 331 g/mol. The molecule has 0 spiro atoms. The quantitative estimate of drug-likeness (QED) is 0.785. The Hall–Kier alpha value is -2.45. The van der Waals surface area contributed by atoms with Crippen LogP contribution < -0.4 is 5.32 Å². The van der Waals surface area contributed by atoms with E-state index in [2.05, 4.69) is 20.5 Å². The van der Waals surface area contributed by atoms with Gasteiger partial charge in [0.05, 0.1) is 25.4 Å². The first-order valence-corrected chi connectivity index (χ1v) is 7.91. The van der Waals surface area contributed by atoms with E-state index in [-0.39, 0.29) is 18.7 Å². The first kappa shape index (κ1) is 16.4. The number of hydrogen-bond donors (Lipinski definition) is 3. The van der Waals surface area contributed by atoms with Crippen LogP contribution in [0.1, 0.15) is 12.7 Å². The summed E-state index contributed by atoms with van der Waals surface area (Å²) in [6.45, 7) is 4.79. The van der Waals surface area contributed by atoms with E-state index in [1.165, 1.54) is 0 Å². The highest BCUT2D eigenvalue weighted by Crippen LogP contribution is 2.20. The van der Waals surface area contributed by atoms with E-state index in [9.17, 15) is 9.90 Å². The molecule has 0 unspecified atom stereocenters. The first-order valence-electron chi connectivity index (χ1n) is 7.91. The molecule has 8 heteroatoms. The summed E-state index contributed by atoms with van der Waals surface area (Å²) in [6, 6.07) is 6.74. The summed E-state index contributed by atoms with van der Waals surface area (Å²) in [5.41, 5.74) is 1.45. The zero-order chi connectivity index (χ0) is 17.1. The van der Waals surface area contributed by atoms with Crippen molar-refractivity contribution < 1.29 is 14.6 Å². The van der Waals surface area contributed by atoms with Crippen LogP contribution in [0.15, 0.2) is 24.3 Å². The zero-order valence-corrected chi connectivity index (χ0v) is 13.7. The van der Waals surface area contributed by atoms with Gasteiger partial charge >= 0.3 is 6.03 Å². The topological polar surface area (TPSA) is 103 Å². The van der Waals surface area contributed by atoms with Crippen molar-refractivity contribution in [3.8, 4) is 11.4 Å². The Kier molecular flexibility index (Phi) is 4.77. The molecule has 2 amide bonds. The van der Waals surface area contributed by atoms with Crippen LogP contribution in [0.3, 0.4) is 0 Å². The number of nitrogens with zero attached hydrogens (tertiary/aromatic N) is 3. The van der Waals surface area contributed by atoms with E-state index in [1.54, 1.807) is 11.0 Å². The van der Waals surface area contributed by atoms with Gasteiger partial charge in [0.15, 0.2) is 5.82 Å². The Labute approximate surface area is 139 Å². The number of urea groups is 1. The number of aromatic amines is 1. The minimum atomic E-state index is -0.654. The van der Waals surface area contributed by atoms with Crippen LogP contribution in [0, 0.1) is 6.92 Å². The molecule has 0 bridgehead atoms. The van der Waals surface area contributed by atoms with Crippen molar-refractivity contribution in [2.75, 3.05) is 25.1 Å². The van der Waals surface area contributed by atoms with Crippen LogP contribution in [0.5, 0.6) is 0 Å². The highest BCUT2D eigenvalue weighted by atomic mass is 16.5. The van der Waals surface area contributed by atoms with Crippen molar-refractivity contribution in [3.63, 3.8) is 0 Å². The number of likely N-dealkylation sites (N-methyl/N-ethyl adjacent to an activating group) is 1. The molecule has 1 aromatic heterocycles. The Balaban J connectivity index is 1.74. The summed E-state index contributed by atoms with van der Waals surface area (Å²) in [4.78, 5) is 18.4. The number of aromatic nitrogens is 3. The number of carbonyl (C=O) groups excluding carboxylic acids is 1. The van der Waals surface area contributed by atoms with Gasteiger partial charge in [-0.2, -0.15) is 5.10 Å². The minimum absolute atomic E-state index is 0.258. The Morgan fingerprint density at radius 3 is 2.96 bits per heavy atom. The maximum atomic E-state index is 12.5. The lowest BCUT2D eigenvalue weighted by molar-refractivity contribution is 0.1000. The molecular weight excluding hydrogens is 310 g/mol. The molecule has 3 N–H and O–H groups in total. The third-order valence-electron chi connectivity index (χ3n) is 3.99. The number of ether oxygens (including phenoxy) is 1. The normalized spacial score (nSPS) is 20.1. The highest BCUT2D eigenvalue weighted by Gasteiger charge is 2.33. The van der Waals surface area contributed by atoms with E-state index in [4.69, 9.17) is 4.74 Å². The highest BCUT2D eigenvalue weighted by molar-refractivity contribution is 5.90. The fraction of sp³-hybridized carbons (Fsp3) is 0.438. The van der Waals surface area contributed by atoms with Crippen LogP contribution in [0.4, 0.5) is 10.5 Å². The summed E-state index contributed by atoms with van der Waals surface area (Å²) in [7, 11) is 0. The molecule has 0 saturated carbocycles. The molecule has 1 aliphatic heterocycles. The molecule has 24 heavy (non-hydrogen) atoms. The number of anilines is 1. The fourth-order valence-corrected chi connectivity index (χ4v) is 2.76. The summed E-state index contributed by atoms with van der Waals surface area (Å²) in [5.74, 6) is 1.31. The Bertz CT molecular complexity index is 717.